The van der Waals surface area contributed by atoms with Crippen LogP contribution in [-0.4, -0.2) is 11.8 Å². The maximum absolute atomic E-state index is 13.2. The first-order chi connectivity index (χ1) is 11.9. The number of anilines is 2. The summed E-state index contributed by atoms with van der Waals surface area (Å²) in [5, 5.41) is 5.52. The Kier molecular flexibility index (Phi) is 4.62. The van der Waals surface area contributed by atoms with Crippen LogP contribution in [0, 0.1) is 18.6 Å². The molecule has 3 aromatic rings. The highest BCUT2D eigenvalue weighted by Crippen LogP contribution is 2.28. The molecule has 0 unspecified atom stereocenters. The van der Waals surface area contributed by atoms with E-state index in [4.69, 9.17) is 4.42 Å². The van der Waals surface area contributed by atoms with E-state index in [0.29, 0.717) is 21.5 Å². The number of furan rings is 1. The average Bonchev–Trinajstić information content (AvgIpc) is 3.15. The number of rotatable bonds is 4. The van der Waals surface area contributed by atoms with E-state index in [-0.39, 0.29) is 11.4 Å². The van der Waals surface area contributed by atoms with Gasteiger partial charge in [0.05, 0.1) is 16.1 Å². The molecule has 2 N–H and O–H groups in total. The zero-order chi connectivity index (χ0) is 18.0. The van der Waals surface area contributed by atoms with Gasteiger partial charge >= 0.3 is 0 Å². The molecule has 0 fully saturated rings. The molecule has 5 nitrogen and oxygen atoms in total. The zero-order valence-corrected chi connectivity index (χ0v) is 13.7. The molecule has 2 heterocycles. The third-order valence-electron chi connectivity index (χ3n) is 3.23. The van der Waals surface area contributed by atoms with Crippen LogP contribution in [0.5, 0.6) is 0 Å². The standard InChI is InChI=1S/C17H12F2N2O3S/c1-9-5-14(21-16(22)13-3-2-4-24-13)25-15(9)17(23)20-12-7-10(18)6-11(19)8-12/h2-8H,1H3,(H,20,23)(H,21,22). The van der Waals surface area contributed by atoms with Gasteiger partial charge in [0.15, 0.2) is 5.76 Å². The van der Waals surface area contributed by atoms with Crippen LogP contribution >= 0.6 is 11.3 Å². The van der Waals surface area contributed by atoms with Gasteiger partial charge in [-0.05, 0) is 42.8 Å². The quantitative estimate of drug-likeness (QED) is 0.721. The summed E-state index contributed by atoms with van der Waals surface area (Å²) in [7, 11) is 0. The molecule has 0 saturated carbocycles. The monoisotopic (exact) mass is 362 g/mol. The molecular weight excluding hydrogens is 350 g/mol. The zero-order valence-electron chi connectivity index (χ0n) is 12.9. The lowest BCUT2D eigenvalue weighted by atomic mass is 10.2. The number of benzene rings is 1. The Morgan fingerprint density at radius 2 is 1.76 bits per heavy atom. The van der Waals surface area contributed by atoms with E-state index in [0.717, 1.165) is 23.5 Å². The molecule has 2 amide bonds. The number of carbonyl (C=O) groups excluding carboxylic acids is 2. The minimum absolute atomic E-state index is 0.0106. The molecule has 0 aliphatic carbocycles. The number of amides is 2. The Bertz CT molecular complexity index is 915. The fourth-order valence-electron chi connectivity index (χ4n) is 2.16. The van der Waals surface area contributed by atoms with Gasteiger partial charge in [0.2, 0.25) is 0 Å². The van der Waals surface area contributed by atoms with Crippen molar-refractivity contribution in [2.75, 3.05) is 10.6 Å². The maximum atomic E-state index is 13.2. The molecule has 3 rings (SSSR count). The lowest BCUT2D eigenvalue weighted by molar-refractivity contribution is 0.0995. The first kappa shape index (κ1) is 16.8. The molecular formula is C17H12F2N2O3S. The third-order valence-corrected chi connectivity index (χ3v) is 4.38. The molecule has 0 spiro atoms. The average molecular weight is 362 g/mol. The van der Waals surface area contributed by atoms with Gasteiger partial charge in [0.25, 0.3) is 11.8 Å². The first-order valence-corrected chi connectivity index (χ1v) is 7.97. The summed E-state index contributed by atoms with van der Waals surface area (Å²) in [4.78, 5) is 24.6. The Morgan fingerprint density at radius 1 is 1.04 bits per heavy atom. The molecule has 1 aromatic carbocycles. The van der Waals surface area contributed by atoms with E-state index in [1.54, 1.807) is 19.1 Å². The van der Waals surface area contributed by atoms with Gasteiger partial charge in [-0.2, -0.15) is 0 Å². The minimum atomic E-state index is -0.787. The van der Waals surface area contributed by atoms with Crippen LogP contribution in [0.4, 0.5) is 19.5 Å². The van der Waals surface area contributed by atoms with Crippen molar-refractivity contribution >= 4 is 33.8 Å². The van der Waals surface area contributed by atoms with Crippen LogP contribution in [0.1, 0.15) is 25.8 Å². The Hall–Kier alpha value is -3.00. The van der Waals surface area contributed by atoms with E-state index < -0.39 is 23.4 Å². The van der Waals surface area contributed by atoms with Crippen molar-refractivity contribution in [1.82, 2.24) is 0 Å². The van der Waals surface area contributed by atoms with E-state index in [1.165, 1.54) is 12.3 Å². The van der Waals surface area contributed by atoms with E-state index in [9.17, 15) is 18.4 Å². The van der Waals surface area contributed by atoms with Gasteiger partial charge in [0.1, 0.15) is 11.6 Å². The Balaban J connectivity index is 1.75. The summed E-state index contributed by atoms with van der Waals surface area (Å²) in [6.45, 7) is 1.69. The van der Waals surface area contributed by atoms with Crippen molar-refractivity contribution in [1.29, 1.82) is 0 Å². The van der Waals surface area contributed by atoms with Crippen molar-refractivity contribution in [3.63, 3.8) is 0 Å². The number of hydrogen-bond acceptors (Lipinski definition) is 4. The van der Waals surface area contributed by atoms with Crippen molar-refractivity contribution in [3.8, 4) is 0 Å². The number of nitrogens with one attached hydrogen (secondary N) is 2. The smallest absolute Gasteiger partial charge is 0.291 e. The topological polar surface area (TPSA) is 71.3 Å². The number of thiophene rings is 1. The predicted octanol–water partition coefficient (Wildman–Crippen LogP) is 4.43. The van der Waals surface area contributed by atoms with Gasteiger partial charge in [0, 0.05) is 11.8 Å². The summed E-state index contributed by atoms with van der Waals surface area (Å²) in [6.07, 6.45) is 1.38. The molecule has 0 aliphatic rings. The first-order valence-electron chi connectivity index (χ1n) is 7.15. The lowest BCUT2D eigenvalue weighted by Crippen LogP contribution is -2.11. The normalized spacial score (nSPS) is 10.5. The Labute approximate surface area is 145 Å². The molecule has 2 aromatic heterocycles. The fraction of sp³-hybridized carbons (Fsp3) is 0.0588. The molecule has 8 heteroatoms. The third kappa shape index (κ3) is 3.92. The summed E-state index contributed by atoms with van der Waals surface area (Å²) in [5.74, 6) is -2.39. The minimum Gasteiger partial charge on any atom is -0.459 e. The van der Waals surface area contributed by atoms with Gasteiger partial charge in [-0.3, -0.25) is 9.59 Å². The second kappa shape index (κ2) is 6.86. The van der Waals surface area contributed by atoms with Crippen LogP contribution in [0.25, 0.3) is 0 Å². The van der Waals surface area contributed by atoms with Crippen molar-refractivity contribution in [2.24, 2.45) is 0 Å². The number of hydrogen-bond donors (Lipinski definition) is 2. The summed E-state index contributed by atoms with van der Waals surface area (Å²) in [5.41, 5.74) is 0.630. The molecule has 0 atom stereocenters. The number of halogens is 2. The molecule has 0 saturated heterocycles. The summed E-state index contributed by atoms with van der Waals surface area (Å²) in [6, 6.07) is 7.49. The largest absolute Gasteiger partial charge is 0.459 e. The van der Waals surface area contributed by atoms with Crippen molar-refractivity contribution in [3.05, 3.63) is 70.5 Å². The van der Waals surface area contributed by atoms with E-state index in [2.05, 4.69) is 10.6 Å². The fourth-order valence-corrected chi connectivity index (χ4v) is 3.13. The van der Waals surface area contributed by atoms with Crippen LogP contribution in [0.2, 0.25) is 0 Å². The van der Waals surface area contributed by atoms with Crippen molar-refractivity contribution < 1.29 is 22.8 Å². The lowest BCUT2D eigenvalue weighted by Gasteiger charge is -2.05. The highest BCUT2D eigenvalue weighted by molar-refractivity contribution is 7.18. The maximum Gasteiger partial charge on any atom is 0.291 e. The molecule has 128 valence electrons. The van der Waals surface area contributed by atoms with Gasteiger partial charge in [-0.25, -0.2) is 8.78 Å². The molecule has 0 aliphatic heterocycles. The van der Waals surface area contributed by atoms with Crippen molar-refractivity contribution in [2.45, 2.75) is 6.92 Å². The molecule has 0 radical (unpaired) electrons. The second-order valence-electron chi connectivity index (χ2n) is 5.17. The highest BCUT2D eigenvalue weighted by Gasteiger charge is 2.17. The van der Waals surface area contributed by atoms with E-state index in [1.807, 2.05) is 0 Å². The predicted molar refractivity (Wildman–Crippen MR) is 90.0 cm³/mol. The van der Waals surface area contributed by atoms with Gasteiger partial charge < -0.3 is 15.1 Å². The van der Waals surface area contributed by atoms with Gasteiger partial charge in [-0.15, -0.1) is 11.3 Å². The molecule has 25 heavy (non-hydrogen) atoms. The SMILES string of the molecule is Cc1cc(NC(=O)c2ccco2)sc1C(=O)Nc1cc(F)cc(F)c1. The Morgan fingerprint density at radius 3 is 2.40 bits per heavy atom. The van der Waals surface area contributed by atoms with Crippen LogP contribution in [0.15, 0.2) is 47.1 Å². The summed E-state index contributed by atoms with van der Waals surface area (Å²) >= 11 is 1.05. The summed E-state index contributed by atoms with van der Waals surface area (Å²) < 4.78 is 31.4. The molecule has 0 bridgehead atoms. The van der Waals surface area contributed by atoms with Gasteiger partial charge in [-0.1, -0.05) is 0 Å². The van der Waals surface area contributed by atoms with Crippen LogP contribution in [-0.2, 0) is 0 Å². The van der Waals surface area contributed by atoms with E-state index >= 15 is 0 Å². The number of aryl methyl sites for hydroxylation is 1. The number of carbonyl (C=O) groups is 2. The van der Waals surface area contributed by atoms with Crippen LogP contribution in [0.3, 0.4) is 0 Å². The highest BCUT2D eigenvalue weighted by atomic mass is 32.1. The van der Waals surface area contributed by atoms with Crippen LogP contribution < -0.4 is 10.6 Å². The second-order valence-corrected chi connectivity index (χ2v) is 6.22.